The van der Waals surface area contributed by atoms with Crippen molar-refractivity contribution in [1.29, 1.82) is 0 Å². The standard InChI is InChI=1S/C25H28ClF2N5O/c1-4-5-6-7-13-29-15-22-30-31-23(16-32(2)3)33(22)21-12-11-17(26)14-18(21)25(34)24-19(27)9-8-10-20(24)28/h4,8-12,14,29H,1,5-7,13,15-16H2,2-3H3. The van der Waals surface area contributed by atoms with Crippen LogP contribution in [-0.4, -0.2) is 46.1 Å². The van der Waals surface area contributed by atoms with E-state index in [0.29, 0.717) is 30.4 Å². The summed E-state index contributed by atoms with van der Waals surface area (Å²) in [5.74, 6) is -1.52. The van der Waals surface area contributed by atoms with Gasteiger partial charge in [-0.3, -0.25) is 9.36 Å². The van der Waals surface area contributed by atoms with E-state index in [0.717, 1.165) is 37.9 Å². The molecule has 1 N–H and O–H groups in total. The third kappa shape index (κ3) is 6.14. The van der Waals surface area contributed by atoms with Gasteiger partial charge in [0, 0.05) is 10.6 Å². The molecule has 0 atom stereocenters. The van der Waals surface area contributed by atoms with Crippen LogP contribution in [0.2, 0.25) is 5.02 Å². The molecule has 0 aliphatic carbocycles. The lowest BCUT2D eigenvalue weighted by atomic mass is 10.00. The van der Waals surface area contributed by atoms with E-state index in [1.54, 1.807) is 16.7 Å². The lowest BCUT2D eigenvalue weighted by Crippen LogP contribution is -2.21. The second-order valence-electron chi connectivity index (χ2n) is 8.15. The summed E-state index contributed by atoms with van der Waals surface area (Å²) in [4.78, 5) is 15.3. The number of carbonyl (C=O) groups excluding carboxylic acids is 1. The summed E-state index contributed by atoms with van der Waals surface area (Å²) in [6, 6.07) is 8.00. The highest BCUT2D eigenvalue weighted by atomic mass is 35.5. The first-order chi connectivity index (χ1) is 16.3. The Morgan fingerprint density at radius 2 is 1.85 bits per heavy atom. The van der Waals surface area contributed by atoms with Crippen LogP contribution < -0.4 is 5.32 Å². The van der Waals surface area contributed by atoms with Crippen LogP contribution in [0.5, 0.6) is 0 Å². The minimum absolute atomic E-state index is 0.0588. The number of hydrogen-bond acceptors (Lipinski definition) is 5. The quantitative estimate of drug-likeness (QED) is 0.223. The molecular formula is C25H28ClF2N5O. The number of benzene rings is 2. The van der Waals surface area contributed by atoms with Gasteiger partial charge in [-0.15, -0.1) is 16.8 Å². The van der Waals surface area contributed by atoms with Crippen LogP contribution in [0.25, 0.3) is 5.69 Å². The van der Waals surface area contributed by atoms with Crippen molar-refractivity contribution < 1.29 is 13.6 Å². The van der Waals surface area contributed by atoms with E-state index in [9.17, 15) is 13.6 Å². The Labute approximate surface area is 203 Å². The van der Waals surface area contributed by atoms with E-state index in [-0.39, 0.29) is 10.6 Å². The normalized spacial score (nSPS) is 11.2. The maximum atomic E-state index is 14.4. The molecule has 2 aromatic carbocycles. The number of aromatic nitrogens is 3. The lowest BCUT2D eigenvalue weighted by molar-refractivity contribution is 0.103. The average Bonchev–Trinajstić information content (AvgIpc) is 3.17. The fourth-order valence-corrected chi connectivity index (χ4v) is 3.78. The Hall–Kier alpha value is -2.94. The van der Waals surface area contributed by atoms with Crippen LogP contribution in [-0.2, 0) is 13.1 Å². The van der Waals surface area contributed by atoms with Gasteiger partial charge in [0.15, 0.2) is 11.6 Å². The smallest absolute Gasteiger partial charge is 0.201 e. The van der Waals surface area contributed by atoms with Crippen LogP contribution in [0.1, 0.15) is 46.8 Å². The molecule has 0 saturated carbocycles. The van der Waals surface area contributed by atoms with Crippen molar-refractivity contribution in [2.45, 2.75) is 32.4 Å². The molecule has 34 heavy (non-hydrogen) atoms. The van der Waals surface area contributed by atoms with Gasteiger partial charge >= 0.3 is 0 Å². The lowest BCUT2D eigenvalue weighted by Gasteiger charge is -2.17. The number of rotatable bonds is 12. The summed E-state index contributed by atoms with van der Waals surface area (Å²) >= 11 is 6.19. The molecule has 0 bridgehead atoms. The fraction of sp³-hybridized carbons (Fsp3) is 0.320. The molecule has 6 nitrogen and oxygen atoms in total. The van der Waals surface area contributed by atoms with Gasteiger partial charge in [0.05, 0.1) is 24.3 Å². The molecule has 3 aromatic rings. The van der Waals surface area contributed by atoms with E-state index < -0.39 is 23.0 Å². The zero-order valence-corrected chi connectivity index (χ0v) is 20.1. The molecular weight excluding hydrogens is 460 g/mol. The fourth-order valence-electron chi connectivity index (χ4n) is 3.60. The van der Waals surface area contributed by atoms with E-state index in [1.165, 1.54) is 12.1 Å². The molecule has 0 saturated heterocycles. The van der Waals surface area contributed by atoms with Gasteiger partial charge in [-0.2, -0.15) is 0 Å². The minimum atomic E-state index is -0.936. The predicted octanol–water partition coefficient (Wildman–Crippen LogP) is 4.94. The first-order valence-corrected chi connectivity index (χ1v) is 11.4. The molecule has 0 amide bonds. The van der Waals surface area contributed by atoms with E-state index in [4.69, 9.17) is 11.6 Å². The summed E-state index contributed by atoms with van der Waals surface area (Å²) in [5, 5.41) is 12.3. The second kappa shape index (κ2) is 12.0. The van der Waals surface area contributed by atoms with Gasteiger partial charge in [0.2, 0.25) is 5.78 Å². The first-order valence-electron chi connectivity index (χ1n) is 11.0. The highest BCUT2D eigenvalue weighted by Crippen LogP contribution is 2.27. The molecule has 0 spiro atoms. The highest BCUT2D eigenvalue weighted by Gasteiger charge is 2.25. The SMILES string of the molecule is C=CCCCCNCc1nnc(CN(C)C)n1-c1ccc(Cl)cc1C(=O)c1c(F)cccc1F. The summed E-state index contributed by atoms with van der Waals surface area (Å²) in [6.07, 6.45) is 4.84. The number of ketones is 1. The van der Waals surface area contributed by atoms with Gasteiger partial charge in [0.1, 0.15) is 11.6 Å². The van der Waals surface area contributed by atoms with Crippen LogP contribution >= 0.6 is 11.6 Å². The van der Waals surface area contributed by atoms with Gasteiger partial charge in [-0.1, -0.05) is 23.7 Å². The highest BCUT2D eigenvalue weighted by molar-refractivity contribution is 6.31. The van der Waals surface area contributed by atoms with Crippen molar-refractivity contribution in [2.75, 3.05) is 20.6 Å². The van der Waals surface area contributed by atoms with Crippen molar-refractivity contribution in [3.63, 3.8) is 0 Å². The predicted molar refractivity (Wildman–Crippen MR) is 129 cm³/mol. The molecule has 0 unspecified atom stereocenters. The monoisotopic (exact) mass is 487 g/mol. The molecule has 0 fully saturated rings. The zero-order valence-electron chi connectivity index (χ0n) is 19.3. The Morgan fingerprint density at radius 1 is 1.15 bits per heavy atom. The number of carbonyl (C=O) groups is 1. The summed E-state index contributed by atoms with van der Waals surface area (Å²) in [7, 11) is 3.78. The van der Waals surface area contributed by atoms with Crippen LogP contribution in [0.15, 0.2) is 49.1 Å². The number of unbranched alkanes of at least 4 members (excludes halogenated alkanes) is 2. The molecule has 1 aromatic heterocycles. The first kappa shape index (κ1) is 25.7. The van der Waals surface area contributed by atoms with Crippen LogP contribution in [0.3, 0.4) is 0 Å². The van der Waals surface area contributed by atoms with Gasteiger partial charge in [-0.05, 0) is 70.2 Å². The molecule has 3 rings (SSSR count). The molecule has 0 radical (unpaired) electrons. The van der Waals surface area contributed by atoms with Crippen molar-refractivity contribution in [3.05, 3.63) is 88.5 Å². The number of allylic oxidation sites excluding steroid dienone is 1. The van der Waals surface area contributed by atoms with Crippen molar-refractivity contribution >= 4 is 17.4 Å². The summed E-state index contributed by atoms with van der Waals surface area (Å²) < 4.78 is 30.6. The number of nitrogens with one attached hydrogen (secondary N) is 1. The van der Waals surface area contributed by atoms with Crippen LogP contribution in [0, 0.1) is 11.6 Å². The summed E-state index contributed by atoms with van der Waals surface area (Å²) in [6.45, 7) is 5.35. The third-order valence-corrected chi connectivity index (χ3v) is 5.42. The van der Waals surface area contributed by atoms with Crippen LogP contribution in [0.4, 0.5) is 8.78 Å². The van der Waals surface area contributed by atoms with Crippen molar-refractivity contribution in [3.8, 4) is 5.69 Å². The third-order valence-electron chi connectivity index (χ3n) is 5.18. The molecule has 0 aliphatic rings. The Morgan fingerprint density at radius 3 is 2.53 bits per heavy atom. The molecule has 9 heteroatoms. The van der Waals surface area contributed by atoms with Gasteiger partial charge < -0.3 is 10.2 Å². The Balaban J connectivity index is 2.03. The van der Waals surface area contributed by atoms with Crippen molar-refractivity contribution in [2.24, 2.45) is 0 Å². The van der Waals surface area contributed by atoms with Crippen molar-refractivity contribution in [1.82, 2.24) is 25.0 Å². The van der Waals surface area contributed by atoms with E-state index in [1.807, 2.05) is 25.1 Å². The largest absolute Gasteiger partial charge is 0.310 e. The summed E-state index contributed by atoms with van der Waals surface area (Å²) in [5.41, 5.74) is -0.166. The Bertz CT molecular complexity index is 1140. The van der Waals surface area contributed by atoms with Gasteiger partial charge in [0.25, 0.3) is 0 Å². The molecule has 1 heterocycles. The maximum Gasteiger partial charge on any atom is 0.201 e. The minimum Gasteiger partial charge on any atom is -0.310 e. The second-order valence-corrected chi connectivity index (χ2v) is 8.59. The number of nitrogens with zero attached hydrogens (tertiary/aromatic N) is 4. The average molecular weight is 488 g/mol. The zero-order chi connectivity index (χ0) is 24.7. The number of hydrogen-bond donors (Lipinski definition) is 1. The molecule has 0 aliphatic heterocycles. The topological polar surface area (TPSA) is 63.1 Å². The molecule has 180 valence electrons. The van der Waals surface area contributed by atoms with Gasteiger partial charge in [-0.25, -0.2) is 8.78 Å². The van der Waals surface area contributed by atoms with E-state index >= 15 is 0 Å². The van der Waals surface area contributed by atoms with E-state index in [2.05, 4.69) is 22.1 Å². The number of halogens is 3. The maximum absolute atomic E-state index is 14.4. The Kier molecular flexibility index (Phi) is 9.04.